The van der Waals surface area contributed by atoms with Gasteiger partial charge in [0.25, 0.3) is 0 Å². The minimum Gasteiger partial charge on any atom is -0.330 e. The van der Waals surface area contributed by atoms with Crippen molar-refractivity contribution in [2.24, 2.45) is 5.73 Å². The van der Waals surface area contributed by atoms with Gasteiger partial charge in [0.15, 0.2) is 0 Å². The number of halogens is 1. The van der Waals surface area contributed by atoms with Crippen LogP contribution in [0, 0.1) is 0 Å². The number of nitrogens with zero attached hydrogens (tertiary/aromatic N) is 3. The van der Waals surface area contributed by atoms with Gasteiger partial charge in [-0.3, -0.25) is 0 Å². The number of para-hydroxylation sites is 1. The molecule has 4 nitrogen and oxygen atoms in total. The molecule has 0 unspecified atom stereocenters. The summed E-state index contributed by atoms with van der Waals surface area (Å²) in [7, 11) is 0. The second kappa shape index (κ2) is 5.23. The number of benzene rings is 1. The molecule has 0 saturated carbocycles. The Morgan fingerprint density at radius 2 is 2.12 bits per heavy atom. The smallest absolute Gasteiger partial charge is 0.0808 e. The number of hydrogen-bond acceptors (Lipinski definition) is 3. The molecule has 1 heterocycles. The van der Waals surface area contributed by atoms with E-state index in [0.29, 0.717) is 6.54 Å². The van der Waals surface area contributed by atoms with Gasteiger partial charge in [0.1, 0.15) is 0 Å². The molecule has 0 spiro atoms. The fraction of sp³-hybridized carbons (Fsp3) is 0.273. The highest BCUT2D eigenvalue weighted by Crippen LogP contribution is 2.21. The van der Waals surface area contributed by atoms with Crippen LogP contribution in [0.3, 0.4) is 0 Å². The number of nitrogens with two attached hydrogens (primary N) is 1. The summed E-state index contributed by atoms with van der Waals surface area (Å²) >= 11 is 3.51. The molecule has 1 aromatic heterocycles. The van der Waals surface area contributed by atoms with Gasteiger partial charge in [0, 0.05) is 4.47 Å². The van der Waals surface area contributed by atoms with Crippen molar-refractivity contribution in [2.75, 3.05) is 6.54 Å². The molecule has 5 heteroatoms. The minimum absolute atomic E-state index is 0.682. The molecular weight excluding hydrogens is 268 g/mol. The summed E-state index contributed by atoms with van der Waals surface area (Å²) in [6.45, 7) is 0.682. The van der Waals surface area contributed by atoms with Crippen molar-refractivity contribution in [1.82, 2.24) is 15.0 Å². The van der Waals surface area contributed by atoms with Gasteiger partial charge < -0.3 is 5.73 Å². The second-order valence-electron chi connectivity index (χ2n) is 3.48. The van der Waals surface area contributed by atoms with E-state index in [0.717, 1.165) is 28.7 Å². The Bertz CT molecular complexity index is 467. The van der Waals surface area contributed by atoms with Gasteiger partial charge in [-0.15, -0.1) is 5.10 Å². The Morgan fingerprint density at radius 3 is 2.88 bits per heavy atom. The van der Waals surface area contributed by atoms with E-state index in [-0.39, 0.29) is 0 Å². The van der Waals surface area contributed by atoms with Crippen LogP contribution in [0.15, 0.2) is 34.9 Å². The maximum Gasteiger partial charge on any atom is 0.0808 e. The van der Waals surface area contributed by atoms with Crippen molar-refractivity contribution in [2.45, 2.75) is 12.8 Å². The average molecular weight is 281 g/mol. The first-order valence-corrected chi connectivity index (χ1v) is 5.97. The van der Waals surface area contributed by atoms with Crippen LogP contribution < -0.4 is 5.73 Å². The first-order chi connectivity index (χ1) is 7.83. The van der Waals surface area contributed by atoms with Crippen LogP contribution in [-0.2, 0) is 6.42 Å². The summed E-state index contributed by atoms with van der Waals surface area (Å²) in [6.07, 6.45) is 3.62. The quantitative estimate of drug-likeness (QED) is 0.931. The molecule has 0 bridgehead atoms. The Morgan fingerprint density at radius 1 is 1.31 bits per heavy atom. The largest absolute Gasteiger partial charge is 0.330 e. The molecule has 84 valence electrons. The van der Waals surface area contributed by atoms with Gasteiger partial charge in [0.2, 0.25) is 0 Å². The Kier molecular flexibility index (Phi) is 3.69. The van der Waals surface area contributed by atoms with E-state index < -0.39 is 0 Å². The maximum absolute atomic E-state index is 5.50. The molecule has 0 atom stereocenters. The number of hydrogen-bond donors (Lipinski definition) is 1. The van der Waals surface area contributed by atoms with E-state index in [1.54, 1.807) is 6.20 Å². The SMILES string of the molecule is NCCCc1cnnn1-c1ccccc1Br. The van der Waals surface area contributed by atoms with E-state index in [9.17, 15) is 0 Å². The summed E-state index contributed by atoms with van der Waals surface area (Å²) in [5.74, 6) is 0. The van der Waals surface area contributed by atoms with E-state index in [4.69, 9.17) is 5.73 Å². The predicted molar refractivity (Wildman–Crippen MR) is 66.4 cm³/mol. The first-order valence-electron chi connectivity index (χ1n) is 5.17. The normalized spacial score (nSPS) is 10.6. The van der Waals surface area contributed by atoms with Gasteiger partial charge in [-0.2, -0.15) is 0 Å². The fourth-order valence-corrected chi connectivity index (χ4v) is 1.99. The van der Waals surface area contributed by atoms with E-state index >= 15 is 0 Å². The first kappa shape index (κ1) is 11.3. The standard InChI is InChI=1S/C11H13BrN4/c12-10-5-1-2-6-11(10)16-9(4-3-7-13)8-14-15-16/h1-2,5-6,8H,3-4,7,13H2. The van der Waals surface area contributed by atoms with Crippen LogP contribution in [0.25, 0.3) is 5.69 Å². The minimum atomic E-state index is 0.682. The third-order valence-electron chi connectivity index (χ3n) is 2.34. The Balaban J connectivity index is 2.33. The zero-order valence-electron chi connectivity index (χ0n) is 8.81. The van der Waals surface area contributed by atoms with E-state index in [1.165, 1.54) is 0 Å². The predicted octanol–water partition coefficient (Wildman–Crippen LogP) is 1.92. The second-order valence-corrected chi connectivity index (χ2v) is 4.34. The van der Waals surface area contributed by atoms with Gasteiger partial charge >= 0.3 is 0 Å². The summed E-state index contributed by atoms with van der Waals surface area (Å²) < 4.78 is 2.86. The molecule has 0 aliphatic carbocycles. The molecule has 0 aliphatic heterocycles. The van der Waals surface area contributed by atoms with Gasteiger partial charge in [0.05, 0.1) is 17.6 Å². The van der Waals surface area contributed by atoms with Gasteiger partial charge in [-0.25, -0.2) is 4.68 Å². The molecule has 0 saturated heterocycles. The molecule has 2 aromatic rings. The van der Waals surface area contributed by atoms with Crippen molar-refractivity contribution in [3.05, 3.63) is 40.6 Å². The molecule has 16 heavy (non-hydrogen) atoms. The number of aromatic nitrogens is 3. The maximum atomic E-state index is 5.50. The van der Waals surface area contributed by atoms with Crippen molar-refractivity contribution in [1.29, 1.82) is 0 Å². The third kappa shape index (κ3) is 2.31. The van der Waals surface area contributed by atoms with Crippen LogP contribution in [0.4, 0.5) is 0 Å². The van der Waals surface area contributed by atoms with E-state index in [2.05, 4.69) is 26.2 Å². The lowest BCUT2D eigenvalue weighted by Gasteiger charge is -2.07. The van der Waals surface area contributed by atoms with Gasteiger partial charge in [-0.05, 0) is 47.4 Å². The van der Waals surface area contributed by atoms with Crippen LogP contribution in [0.5, 0.6) is 0 Å². The van der Waals surface area contributed by atoms with Crippen LogP contribution in [0.1, 0.15) is 12.1 Å². The number of aryl methyl sites for hydroxylation is 1. The molecule has 0 amide bonds. The molecule has 0 fully saturated rings. The van der Waals surface area contributed by atoms with Crippen molar-refractivity contribution >= 4 is 15.9 Å². The lowest BCUT2D eigenvalue weighted by molar-refractivity contribution is 0.727. The van der Waals surface area contributed by atoms with Gasteiger partial charge in [-0.1, -0.05) is 17.3 Å². The van der Waals surface area contributed by atoms with Crippen LogP contribution in [-0.4, -0.2) is 21.5 Å². The zero-order chi connectivity index (χ0) is 11.4. The molecule has 0 radical (unpaired) electrons. The third-order valence-corrected chi connectivity index (χ3v) is 3.01. The average Bonchev–Trinajstić information content (AvgIpc) is 2.75. The summed E-state index contributed by atoms with van der Waals surface area (Å²) in [6, 6.07) is 7.95. The molecular formula is C11H13BrN4. The van der Waals surface area contributed by atoms with Crippen molar-refractivity contribution < 1.29 is 0 Å². The monoisotopic (exact) mass is 280 g/mol. The van der Waals surface area contributed by atoms with Crippen molar-refractivity contribution in [3.8, 4) is 5.69 Å². The molecule has 1 aromatic carbocycles. The Labute approximate surface area is 103 Å². The topological polar surface area (TPSA) is 56.7 Å². The highest BCUT2D eigenvalue weighted by molar-refractivity contribution is 9.10. The zero-order valence-corrected chi connectivity index (χ0v) is 10.4. The summed E-state index contributed by atoms with van der Waals surface area (Å²) in [5.41, 5.74) is 7.59. The summed E-state index contributed by atoms with van der Waals surface area (Å²) in [5, 5.41) is 8.04. The fourth-order valence-electron chi connectivity index (χ4n) is 1.54. The van der Waals surface area contributed by atoms with E-state index in [1.807, 2.05) is 28.9 Å². The number of rotatable bonds is 4. The lowest BCUT2D eigenvalue weighted by Crippen LogP contribution is -2.06. The molecule has 0 aliphatic rings. The Hall–Kier alpha value is -1.20. The van der Waals surface area contributed by atoms with Crippen LogP contribution in [0.2, 0.25) is 0 Å². The van der Waals surface area contributed by atoms with Crippen molar-refractivity contribution in [3.63, 3.8) is 0 Å². The lowest BCUT2D eigenvalue weighted by atomic mass is 10.2. The van der Waals surface area contributed by atoms with Crippen LogP contribution >= 0.6 is 15.9 Å². The summed E-state index contributed by atoms with van der Waals surface area (Å²) in [4.78, 5) is 0. The highest BCUT2D eigenvalue weighted by atomic mass is 79.9. The molecule has 2 rings (SSSR count). The molecule has 2 N–H and O–H groups in total. The highest BCUT2D eigenvalue weighted by Gasteiger charge is 2.08.